The van der Waals surface area contributed by atoms with Crippen LogP contribution in [0.1, 0.15) is 32.6 Å². The highest BCUT2D eigenvalue weighted by Crippen LogP contribution is 2.24. The molecule has 3 N–H and O–H groups in total. The number of aliphatic hydroxyl groups is 1. The molecular weight excluding hydrogens is 292 g/mol. The van der Waals surface area contributed by atoms with Crippen LogP contribution in [0.5, 0.6) is 5.75 Å². The number of fused-ring (bicyclic) bond motifs is 1. The third-order valence-corrected chi connectivity index (χ3v) is 3.90. The van der Waals surface area contributed by atoms with Crippen LogP contribution in [0.3, 0.4) is 0 Å². The fraction of sp³-hybridized carbons (Fsp3) is 0.500. The molecule has 0 aliphatic carbocycles. The summed E-state index contributed by atoms with van der Waals surface area (Å²) < 4.78 is 5.74. The van der Waals surface area contributed by atoms with Crippen LogP contribution in [0, 0.1) is 0 Å². The van der Waals surface area contributed by atoms with Crippen LogP contribution in [-0.2, 0) is 4.79 Å². The number of carbonyl (C=O) groups excluding carboxylic acids is 1. The van der Waals surface area contributed by atoms with Gasteiger partial charge in [0.05, 0.1) is 0 Å². The molecule has 126 valence electrons. The predicted molar refractivity (Wildman–Crippen MR) is 91.8 cm³/mol. The van der Waals surface area contributed by atoms with Crippen molar-refractivity contribution in [2.45, 2.75) is 44.8 Å². The summed E-state index contributed by atoms with van der Waals surface area (Å²) in [6, 6.07) is 8.12. The molecular formula is C18H26N2O3. The van der Waals surface area contributed by atoms with Crippen molar-refractivity contribution in [1.82, 2.24) is 10.3 Å². The van der Waals surface area contributed by atoms with Crippen molar-refractivity contribution < 1.29 is 14.6 Å². The van der Waals surface area contributed by atoms with Gasteiger partial charge in [0, 0.05) is 36.1 Å². The van der Waals surface area contributed by atoms with Crippen LogP contribution < -0.4 is 10.1 Å². The number of ether oxygens (including phenoxy) is 1. The van der Waals surface area contributed by atoms with E-state index in [1.165, 1.54) is 0 Å². The van der Waals surface area contributed by atoms with Gasteiger partial charge in [0.1, 0.15) is 24.7 Å². The van der Waals surface area contributed by atoms with E-state index in [9.17, 15) is 9.90 Å². The second-order valence-electron chi connectivity index (χ2n) is 5.92. The van der Waals surface area contributed by atoms with Gasteiger partial charge < -0.3 is 24.9 Å². The average molecular weight is 318 g/mol. The Morgan fingerprint density at radius 1 is 1.35 bits per heavy atom. The Bertz CT molecular complexity index is 597. The Balaban J connectivity index is 1.68. The van der Waals surface area contributed by atoms with Crippen LogP contribution in [0.15, 0.2) is 30.5 Å². The van der Waals surface area contributed by atoms with E-state index in [1.54, 1.807) is 0 Å². The second kappa shape index (κ2) is 9.33. The normalized spacial score (nSPS) is 13.8. The number of aromatic amines is 1. The van der Waals surface area contributed by atoms with Crippen LogP contribution in [0.4, 0.5) is 0 Å². The molecule has 0 aliphatic rings. The van der Waals surface area contributed by atoms with E-state index >= 15 is 0 Å². The lowest BCUT2D eigenvalue weighted by Gasteiger charge is -2.17. The maximum atomic E-state index is 10.3. The van der Waals surface area contributed by atoms with Crippen molar-refractivity contribution in [2.75, 3.05) is 13.2 Å². The van der Waals surface area contributed by atoms with E-state index in [0.717, 1.165) is 42.2 Å². The van der Waals surface area contributed by atoms with Gasteiger partial charge in [-0.1, -0.05) is 12.5 Å². The predicted octanol–water partition coefficient (Wildman–Crippen LogP) is 2.65. The molecule has 5 nitrogen and oxygen atoms in total. The van der Waals surface area contributed by atoms with Crippen LogP contribution in [0.2, 0.25) is 0 Å². The summed E-state index contributed by atoms with van der Waals surface area (Å²) in [6.45, 7) is 2.85. The van der Waals surface area contributed by atoms with Gasteiger partial charge in [-0.05, 0) is 38.0 Å². The van der Waals surface area contributed by atoms with E-state index in [4.69, 9.17) is 4.74 Å². The third-order valence-electron chi connectivity index (χ3n) is 3.90. The van der Waals surface area contributed by atoms with Crippen molar-refractivity contribution >= 4 is 17.2 Å². The number of benzene rings is 1. The van der Waals surface area contributed by atoms with Crippen molar-refractivity contribution in [2.24, 2.45) is 0 Å². The lowest BCUT2D eigenvalue weighted by atomic mass is 10.1. The molecule has 2 rings (SSSR count). The molecule has 0 radical (unpaired) electrons. The van der Waals surface area contributed by atoms with Crippen LogP contribution in [-0.4, -0.2) is 41.7 Å². The van der Waals surface area contributed by atoms with Gasteiger partial charge in [-0.15, -0.1) is 0 Å². The number of unbranched alkanes of at least 4 members (excludes halogenated alkanes) is 2. The molecule has 0 aliphatic heterocycles. The van der Waals surface area contributed by atoms with Crippen molar-refractivity contribution in [3.05, 3.63) is 30.5 Å². The number of aldehydes is 1. The number of nitrogens with one attached hydrogen (secondary N) is 2. The first-order chi connectivity index (χ1) is 11.2. The minimum absolute atomic E-state index is 0.259. The van der Waals surface area contributed by atoms with E-state index in [2.05, 4.69) is 17.2 Å². The minimum atomic E-state index is -0.554. The Labute approximate surface area is 137 Å². The zero-order chi connectivity index (χ0) is 16.5. The molecule has 23 heavy (non-hydrogen) atoms. The fourth-order valence-electron chi connectivity index (χ4n) is 2.54. The number of aliphatic hydroxyl groups excluding tert-OH is 1. The van der Waals surface area contributed by atoms with Gasteiger partial charge in [0.2, 0.25) is 0 Å². The summed E-state index contributed by atoms with van der Waals surface area (Å²) in [5.41, 5.74) is 1.03. The van der Waals surface area contributed by atoms with Gasteiger partial charge in [0.15, 0.2) is 0 Å². The van der Waals surface area contributed by atoms with E-state index < -0.39 is 6.10 Å². The number of H-pyrrole nitrogens is 1. The van der Waals surface area contributed by atoms with Crippen molar-refractivity contribution in [3.63, 3.8) is 0 Å². The molecule has 2 aromatic rings. The topological polar surface area (TPSA) is 74.3 Å². The smallest absolute Gasteiger partial charge is 0.128 e. The molecule has 1 aromatic carbocycles. The highest BCUT2D eigenvalue weighted by molar-refractivity contribution is 5.85. The maximum absolute atomic E-state index is 10.3. The maximum Gasteiger partial charge on any atom is 0.128 e. The van der Waals surface area contributed by atoms with Gasteiger partial charge in [0.25, 0.3) is 0 Å². The van der Waals surface area contributed by atoms with E-state index in [1.807, 2.05) is 30.5 Å². The van der Waals surface area contributed by atoms with Gasteiger partial charge in [-0.2, -0.15) is 0 Å². The molecule has 0 spiro atoms. The quantitative estimate of drug-likeness (QED) is 0.440. The average Bonchev–Trinajstić information content (AvgIpc) is 3.04. The Morgan fingerprint density at radius 3 is 3.04 bits per heavy atom. The summed E-state index contributed by atoms with van der Waals surface area (Å²) >= 11 is 0. The van der Waals surface area contributed by atoms with Crippen LogP contribution in [0.25, 0.3) is 10.9 Å². The number of hydrogen-bond donors (Lipinski definition) is 3. The number of carbonyl (C=O) groups is 1. The summed E-state index contributed by atoms with van der Waals surface area (Å²) in [6.07, 6.45) is 5.88. The van der Waals surface area contributed by atoms with Gasteiger partial charge >= 0.3 is 0 Å². The molecule has 1 aromatic heterocycles. The zero-order valence-electron chi connectivity index (χ0n) is 13.6. The largest absolute Gasteiger partial charge is 0.490 e. The van der Waals surface area contributed by atoms with Gasteiger partial charge in [-0.25, -0.2) is 0 Å². The summed E-state index contributed by atoms with van der Waals surface area (Å²) in [7, 11) is 0. The van der Waals surface area contributed by atoms with Crippen molar-refractivity contribution in [1.29, 1.82) is 0 Å². The van der Waals surface area contributed by atoms with Crippen molar-refractivity contribution in [3.8, 4) is 5.75 Å². The molecule has 2 unspecified atom stereocenters. The highest BCUT2D eigenvalue weighted by Gasteiger charge is 2.09. The molecule has 5 heteroatoms. The molecule has 0 bridgehead atoms. The number of aromatic nitrogens is 1. The van der Waals surface area contributed by atoms with Gasteiger partial charge in [-0.3, -0.25) is 0 Å². The molecule has 2 atom stereocenters. The molecule has 0 fully saturated rings. The lowest BCUT2D eigenvalue weighted by Crippen LogP contribution is -2.36. The number of rotatable bonds is 11. The SMILES string of the molecule is CC(CCCCC=O)NCC(O)COc1cccc2[nH]ccc12. The van der Waals surface area contributed by atoms with Crippen LogP contribution >= 0.6 is 0 Å². The molecule has 1 heterocycles. The summed E-state index contributed by atoms with van der Waals surface area (Å²) in [5, 5.41) is 14.4. The first kappa shape index (κ1) is 17.5. The minimum Gasteiger partial charge on any atom is -0.490 e. The Morgan fingerprint density at radius 2 is 2.22 bits per heavy atom. The monoisotopic (exact) mass is 318 g/mol. The molecule has 0 saturated carbocycles. The first-order valence-corrected chi connectivity index (χ1v) is 8.24. The molecule has 0 saturated heterocycles. The fourth-order valence-corrected chi connectivity index (χ4v) is 2.54. The Kier molecular flexibility index (Phi) is 7.10. The second-order valence-corrected chi connectivity index (χ2v) is 5.92. The third kappa shape index (κ3) is 5.69. The first-order valence-electron chi connectivity index (χ1n) is 8.24. The lowest BCUT2D eigenvalue weighted by molar-refractivity contribution is -0.107. The highest BCUT2D eigenvalue weighted by atomic mass is 16.5. The summed E-state index contributed by atoms with van der Waals surface area (Å²) in [4.78, 5) is 13.4. The zero-order valence-corrected chi connectivity index (χ0v) is 13.6. The van der Waals surface area contributed by atoms with E-state index in [-0.39, 0.29) is 6.61 Å². The Hall–Kier alpha value is -1.85. The van der Waals surface area contributed by atoms with E-state index in [0.29, 0.717) is 19.0 Å². The summed E-state index contributed by atoms with van der Waals surface area (Å²) in [5.74, 6) is 0.782. The standard InChI is InChI=1S/C18H26N2O3/c1-14(6-3-2-4-11-21)20-12-15(22)13-23-18-8-5-7-17-16(18)9-10-19-17/h5,7-11,14-15,19-20,22H,2-4,6,12-13H2,1H3. The number of hydrogen-bond acceptors (Lipinski definition) is 4. The molecule has 0 amide bonds.